The minimum atomic E-state index is -0.271. The van der Waals surface area contributed by atoms with Crippen molar-refractivity contribution in [3.8, 4) is 22.6 Å². The summed E-state index contributed by atoms with van der Waals surface area (Å²) in [7, 11) is 4.09. The van der Waals surface area contributed by atoms with Crippen LogP contribution in [0.25, 0.3) is 28.3 Å². The van der Waals surface area contributed by atoms with E-state index in [1.165, 1.54) is 17.7 Å². The Hall–Kier alpha value is -3.32. The summed E-state index contributed by atoms with van der Waals surface area (Å²) < 4.78 is 15.6. The predicted octanol–water partition coefficient (Wildman–Crippen LogP) is 5.51. The van der Waals surface area contributed by atoms with Gasteiger partial charge in [-0.15, -0.1) is 0 Å². The highest BCUT2D eigenvalue weighted by atomic mass is 19.1. The zero-order valence-corrected chi connectivity index (χ0v) is 19.7. The Balaban J connectivity index is 1.79. The Morgan fingerprint density at radius 1 is 1.09 bits per heavy atom. The van der Waals surface area contributed by atoms with Gasteiger partial charge < -0.3 is 10.2 Å². The molecule has 6 nitrogen and oxygen atoms in total. The van der Waals surface area contributed by atoms with Crippen molar-refractivity contribution in [1.82, 2.24) is 24.3 Å². The number of halogens is 1. The molecule has 172 valence electrons. The topological polar surface area (TPSA) is 58.4 Å². The molecular weight excluding hydrogens is 415 g/mol. The third kappa shape index (κ3) is 5.37. The normalized spacial score (nSPS) is 12.4. The second-order valence-corrected chi connectivity index (χ2v) is 8.86. The summed E-state index contributed by atoms with van der Waals surface area (Å²) in [6.45, 7) is 6.06. The van der Waals surface area contributed by atoms with E-state index in [1.807, 2.05) is 30.8 Å². The fraction of sp³-hybridized carbons (Fsp3) is 0.346. The number of nitrogens with one attached hydrogen (secondary N) is 1. The maximum absolute atomic E-state index is 13.6. The number of pyridine rings is 1. The fourth-order valence-corrected chi connectivity index (χ4v) is 4.04. The highest BCUT2D eigenvalue weighted by molar-refractivity contribution is 5.80. The van der Waals surface area contributed by atoms with Gasteiger partial charge in [0.2, 0.25) is 5.95 Å². The quantitative estimate of drug-likeness (QED) is 0.368. The van der Waals surface area contributed by atoms with Gasteiger partial charge in [0.05, 0.1) is 17.1 Å². The summed E-state index contributed by atoms with van der Waals surface area (Å²) in [6.07, 6.45) is 6.11. The molecule has 3 aromatic heterocycles. The van der Waals surface area contributed by atoms with E-state index < -0.39 is 0 Å². The zero-order valence-electron chi connectivity index (χ0n) is 19.7. The Morgan fingerprint density at radius 2 is 1.88 bits per heavy atom. The molecule has 4 aromatic rings. The molecule has 0 saturated heterocycles. The third-order valence-electron chi connectivity index (χ3n) is 5.60. The largest absolute Gasteiger partial charge is 0.354 e. The van der Waals surface area contributed by atoms with Gasteiger partial charge in [0.15, 0.2) is 0 Å². The van der Waals surface area contributed by atoms with E-state index in [-0.39, 0.29) is 5.82 Å². The lowest BCUT2D eigenvalue weighted by atomic mass is 10.1. The minimum absolute atomic E-state index is 0.271. The molecule has 0 aliphatic heterocycles. The standard InChI is InChI=1S/C26H31FN6/c1-5-6-18(2)16-29-26-28-13-11-22(30-26)25-24(20-7-9-21(27)10-8-20)31-23-15-19(17-32(3)4)12-14-33(23)25/h7-15,18H,5-6,16-17H2,1-4H3,(H,28,29,30). The van der Waals surface area contributed by atoms with Gasteiger partial charge in [-0.1, -0.05) is 20.3 Å². The third-order valence-corrected chi connectivity index (χ3v) is 5.60. The van der Waals surface area contributed by atoms with E-state index in [9.17, 15) is 4.39 Å². The number of rotatable bonds is 9. The van der Waals surface area contributed by atoms with E-state index in [0.29, 0.717) is 11.9 Å². The Kier molecular flexibility index (Phi) is 6.99. The second kappa shape index (κ2) is 10.1. The van der Waals surface area contributed by atoms with Crippen LogP contribution in [0.3, 0.4) is 0 Å². The maximum Gasteiger partial charge on any atom is 0.223 e. The number of hydrogen-bond acceptors (Lipinski definition) is 5. The highest BCUT2D eigenvalue weighted by Gasteiger charge is 2.18. The van der Waals surface area contributed by atoms with Crippen LogP contribution in [-0.2, 0) is 6.54 Å². The number of anilines is 1. The van der Waals surface area contributed by atoms with Crippen LogP contribution in [0.1, 0.15) is 32.3 Å². The van der Waals surface area contributed by atoms with Crippen LogP contribution in [0.2, 0.25) is 0 Å². The van der Waals surface area contributed by atoms with Gasteiger partial charge in [0, 0.05) is 31.0 Å². The molecule has 7 heteroatoms. The molecule has 1 atom stereocenters. The number of benzene rings is 1. The van der Waals surface area contributed by atoms with E-state index in [4.69, 9.17) is 9.97 Å². The van der Waals surface area contributed by atoms with Crippen molar-refractivity contribution in [2.75, 3.05) is 26.0 Å². The van der Waals surface area contributed by atoms with Crippen LogP contribution in [0.15, 0.2) is 54.9 Å². The number of imidazole rings is 1. The van der Waals surface area contributed by atoms with Gasteiger partial charge >= 0.3 is 0 Å². The Morgan fingerprint density at radius 3 is 2.61 bits per heavy atom. The van der Waals surface area contributed by atoms with Gasteiger partial charge in [-0.2, -0.15) is 0 Å². The van der Waals surface area contributed by atoms with Gasteiger partial charge in [-0.05, 0) is 74.5 Å². The molecule has 0 amide bonds. The van der Waals surface area contributed by atoms with E-state index >= 15 is 0 Å². The first kappa shape index (κ1) is 22.9. The van der Waals surface area contributed by atoms with Gasteiger partial charge in [0.25, 0.3) is 0 Å². The predicted molar refractivity (Wildman–Crippen MR) is 132 cm³/mol. The summed E-state index contributed by atoms with van der Waals surface area (Å²) >= 11 is 0. The van der Waals surface area contributed by atoms with Crippen molar-refractivity contribution in [3.05, 3.63) is 66.2 Å². The van der Waals surface area contributed by atoms with Gasteiger partial charge in [-0.25, -0.2) is 19.3 Å². The Bertz CT molecular complexity index is 1220. The van der Waals surface area contributed by atoms with Crippen molar-refractivity contribution < 1.29 is 4.39 Å². The molecule has 0 aliphatic rings. The van der Waals surface area contributed by atoms with Crippen molar-refractivity contribution in [1.29, 1.82) is 0 Å². The van der Waals surface area contributed by atoms with Crippen molar-refractivity contribution >= 4 is 11.6 Å². The number of nitrogens with zero attached hydrogens (tertiary/aromatic N) is 5. The summed E-state index contributed by atoms with van der Waals surface area (Å²) in [5.41, 5.74) is 5.23. The molecule has 0 radical (unpaired) electrons. The van der Waals surface area contributed by atoms with Crippen LogP contribution in [0.4, 0.5) is 10.3 Å². The average molecular weight is 447 g/mol. The van der Waals surface area contributed by atoms with Crippen LogP contribution in [0, 0.1) is 11.7 Å². The van der Waals surface area contributed by atoms with Crippen LogP contribution in [0.5, 0.6) is 0 Å². The van der Waals surface area contributed by atoms with Gasteiger partial charge in [-0.3, -0.25) is 4.40 Å². The number of aromatic nitrogens is 4. The smallest absolute Gasteiger partial charge is 0.223 e. The van der Waals surface area contributed by atoms with Crippen LogP contribution >= 0.6 is 0 Å². The molecule has 33 heavy (non-hydrogen) atoms. The maximum atomic E-state index is 13.6. The minimum Gasteiger partial charge on any atom is -0.354 e. The first-order valence-corrected chi connectivity index (χ1v) is 11.4. The average Bonchev–Trinajstić information content (AvgIpc) is 3.17. The summed E-state index contributed by atoms with van der Waals surface area (Å²) in [4.78, 5) is 16.3. The van der Waals surface area contributed by atoms with Crippen LogP contribution in [-0.4, -0.2) is 44.9 Å². The molecule has 4 rings (SSSR count). The molecule has 0 saturated carbocycles. The van der Waals surface area contributed by atoms with E-state index in [0.717, 1.165) is 54.2 Å². The molecular formula is C26H31FN6. The lowest BCUT2D eigenvalue weighted by Gasteiger charge is -2.12. The lowest BCUT2D eigenvalue weighted by molar-refractivity contribution is 0.402. The molecule has 0 bridgehead atoms. The summed E-state index contributed by atoms with van der Waals surface area (Å²) in [5.74, 6) is 0.870. The van der Waals surface area contributed by atoms with Crippen molar-refractivity contribution in [3.63, 3.8) is 0 Å². The molecule has 1 N–H and O–H groups in total. The van der Waals surface area contributed by atoms with Crippen molar-refractivity contribution in [2.24, 2.45) is 5.92 Å². The van der Waals surface area contributed by atoms with Crippen molar-refractivity contribution in [2.45, 2.75) is 33.2 Å². The first-order chi connectivity index (χ1) is 15.9. The zero-order chi connectivity index (χ0) is 23.4. The Labute approximate surface area is 194 Å². The molecule has 0 fully saturated rings. The highest BCUT2D eigenvalue weighted by Crippen LogP contribution is 2.32. The molecule has 3 heterocycles. The second-order valence-electron chi connectivity index (χ2n) is 8.86. The molecule has 1 aromatic carbocycles. The van der Waals surface area contributed by atoms with Gasteiger partial charge in [0.1, 0.15) is 11.5 Å². The SMILES string of the molecule is CCCC(C)CNc1nccc(-c2c(-c3ccc(F)cc3)nc3cc(CN(C)C)ccn23)n1. The first-order valence-electron chi connectivity index (χ1n) is 11.4. The summed E-state index contributed by atoms with van der Waals surface area (Å²) in [6, 6.07) is 12.5. The fourth-order valence-electron chi connectivity index (χ4n) is 4.04. The molecule has 1 unspecified atom stereocenters. The summed E-state index contributed by atoms with van der Waals surface area (Å²) in [5, 5.41) is 3.37. The van der Waals surface area contributed by atoms with Crippen LogP contribution < -0.4 is 5.32 Å². The van der Waals surface area contributed by atoms with E-state index in [1.54, 1.807) is 18.3 Å². The molecule has 0 spiro atoms. The molecule has 0 aliphatic carbocycles. The monoisotopic (exact) mass is 446 g/mol. The number of fused-ring (bicyclic) bond motifs is 1. The number of hydrogen-bond donors (Lipinski definition) is 1. The van der Waals surface area contributed by atoms with E-state index in [2.05, 4.69) is 41.2 Å². The lowest BCUT2D eigenvalue weighted by Crippen LogP contribution is -2.13.